The molecule has 9 heteroatoms. The van der Waals surface area contributed by atoms with E-state index in [1.807, 2.05) is 18.2 Å². The van der Waals surface area contributed by atoms with E-state index in [1.54, 1.807) is 24.3 Å². The number of anilines is 2. The quantitative estimate of drug-likeness (QED) is 0.649. The second kappa shape index (κ2) is 7.98. The summed E-state index contributed by atoms with van der Waals surface area (Å²) in [5.41, 5.74) is 2.61. The van der Waals surface area contributed by atoms with Crippen LogP contribution in [0.3, 0.4) is 0 Å². The first-order valence-electron chi connectivity index (χ1n) is 9.76. The molecule has 1 aliphatic heterocycles. The highest BCUT2D eigenvalue weighted by Crippen LogP contribution is 2.32. The topological polar surface area (TPSA) is 82.6 Å². The van der Waals surface area contributed by atoms with Crippen LogP contribution in [0, 0.1) is 6.92 Å². The Labute approximate surface area is 180 Å². The van der Waals surface area contributed by atoms with Gasteiger partial charge in [0.2, 0.25) is 10.0 Å². The summed E-state index contributed by atoms with van der Waals surface area (Å²) in [6.45, 7) is 3.86. The van der Waals surface area contributed by atoms with Crippen LogP contribution in [0.4, 0.5) is 10.8 Å². The van der Waals surface area contributed by atoms with Crippen LogP contribution in [0.5, 0.6) is 0 Å². The van der Waals surface area contributed by atoms with Crippen LogP contribution in [0.2, 0.25) is 0 Å². The maximum absolute atomic E-state index is 12.9. The smallest absolute Gasteiger partial charge is 0.255 e. The van der Waals surface area contributed by atoms with Crippen LogP contribution < -0.4 is 10.2 Å². The molecule has 1 N–H and O–H groups in total. The Bertz CT molecular complexity index is 1210. The van der Waals surface area contributed by atoms with Crippen molar-refractivity contribution in [2.45, 2.75) is 24.7 Å². The van der Waals surface area contributed by atoms with E-state index >= 15 is 0 Å². The number of aryl methyl sites for hydroxylation is 1. The SMILES string of the molecule is Cc1ccc(S(=O)(=O)N(C)C)cc1C(=O)Nc1ccc2nc(N3CCCC3)sc2c1. The first-order chi connectivity index (χ1) is 14.3. The van der Waals surface area contributed by atoms with Crippen molar-refractivity contribution in [3.63, 3.8) is 0 Å². The number of carbonyl (C=O) groups excluding carboxylic acids is 1. The molecule has 2 aromatic carbocycles. The monoisotopic (exact) mass is 444 g/mol. The van der Waals surface area contributed by atoms with Gasteiger partial charge in [-0.3, -0.25) is 4.79 Å². The van der Waals surface area contributed by atoms with E-state index in [0.29, 0.717) is 16.8 Å². The van der Waals surface area contributed by atoms with Gasteiger partial charge in [0.05, 0.1) is 15.1 Å². The number of thiazole rings is 1. The number of fused-ring (bicyclic) bond motifs is 1. The van der Waals surface area contributed by atoms with Gasteiger partial charge in [-0.25, -0.2) is 17.7 Å². The fourth-order valence-electron chi connectivity index (χ4n) is 3.45. The summed E-state index contributed by atoms with van der Waals surface area (Å²) >= 11 is 1.62. The maximum atomic E-state index is 12.9. The minimum Gasteiger partial charge on any atom is -0.348 e. The summed E-state index contributed by atoms with van der Waals surface area (Å²) in [7, 11) is -0.679. The average Bonchev–Trinajstić information content (AvgIpc) is 3.37. The molecule has 1 saturated heterocycles. The van der Waals surface area contributed by atoms with Gasteiger partial charge in [0.25, 0.3) is 5.91 Å². The molecule has 30 heavy (non-hydrogen) atoms. The van der Waals surface area contributed by atoms with Gasteiger partial charge in [0.1, 0.15) is 0 Å². The minimum absolute atomic E-state index is 0.0939. The lowest BCUT2D eigenvalue weighted by Crippen LogP contribution is -2.23. The van der Waals surface area contributed by atoms with Crippen LogP contribution in [0.1, 0.15) is 28.8 Å². The van der Waals surface area contributed by atoms with Gasteiger partial charge in [-0.05, 0) is 55.7 Å². The zero-order valence-corrected chi connectivity index (χ0v) is 18.8. The molecule has 2 heterocycles. The summed E-state index contributed by atoms with van der Waals surface area (Å²) in [5, 5.41) is 3.91. The predicted octanol–water partition coefficient (Wildman–Crippen LogP) is 3.71. The number of hydrogen-bond acceptors (Lipinski definition) is 6. The fraction of sp³-hybridized carbons (Fsp3) is 0.333. The number of amides is 1. The second-order valence-electron chi connectivity index (χ2n) is 7.59. The normalized spacial score (nSPS) is 14.6. The lowest BCUT2D eigenvalue weighted by molar-refractivity contribution is 0.102. The van der Waals surface area contributed by atoms with Crippen molar-refractivity contribution in [2.75, 3.05) is 37.4 Å². The Balaban J connectivity index is 1.60. The van der Waals surface area contributed by atoms with Crippen LogP contribution in [0.15, 0.2) is 41.3 Å². The predicted molar refractivity (Wildman–Crippen MR) is 121 cm³/mol. The summed E-state index contributed by atoms with van der Waals surface area (Å²) in [6, 6.07) is 10.2. The van der Waals surface area contributed by atoms with Crippen molar-refractivity contribution < 1.29 is 13.2 Å². The average molecular weight is 445 g/mol. The van der Waals surface area contributed by atoms with Crippen molar-refractivity contribution in [2.24, 2.45) is 0 Å². The molecule has 0 spiro atoms. The number of nitrogens with zero attached hydrogens (tertiary/aromatic N) is 3. The number of sulfonamides is 1. The van der Waals surface area contributed by atoms with Gasteiger partial charge >= 0.3 is 0 Å². The summed E-state index contributed by atoms with van der Waals surface area (Å²) in [4.78, 5) is 20.0. The molecule has 7 nitrogen and oxygen atoms in total. The van der Waals surface area contributed by atoms with E-state index in [-0.39, 0.29) is 10.8 Å². The molecule has 3 aromatic rings. The van der Waals surface area contributed by atoms with Crippen molar-refractivity contribution in [3.05, 3.63) is 47.5 Å². The Kier molecular flexibility index (Phi) is 5.52. The molecule has 0 bridgehead atoms. The van der Waals surface area contributed by atoms with Gasteiger partial charge in [-0.1, -0.05) is 17.4 Å². The second-order valence-corrected chi connectivity index (χ2v) is 10.8. The standard InChI is InChI=1S/C21H24N4O3S2/c1-14-6-8-16(30(27,28)24(2)3)13-17(14)20(26)22-15-7-9-18-19(12-15)29-21(23-18)25-10-4-5-11-25/h6-9,12-13H,4-5,10-11H2,1-3H3,(H,22,26). The Morgan fingerprint density at radius 1 is 1.13 bits per heavy atom. The van der Waals surface area contributed by atoms with E-state index in [2.05, 4.69) is 10.2 Å². The van der Waals surface area contributed by atoms with E-state index in [4.69, 9.17) is 4.98 Å². The van der Waals surface area contributed by atoms with E-state index < -0.39 is 10.0 Å². The molecule has 1 amide bonds. The summed E-state index contributed by atoms with van der Waals surface area (Å²) < 4.78 is 27.0. The van der Waals surface area contributed by atoms with Gasteiger partial charge < -0.3 is 10.2 Å². The highest BCUT2D eigenvalue weighted by atomic mass is 32.2. The number of benzene rings is 2. The Hall–Kier alpha value is -2.49. The molecular weight excluding hydrogens is 420 g/mol. The third-order valence-corrected chi connectivity index (χ3v) is 8.13. The van der Waals surface area contributed by atoms with Gasteiger partial charge in [-0.15, -0.1) is 0 Å². The van der Waals surface area contributed by atoms with Crippen LogP contribution in [0.25, 0.3) is 10.2 Å². The fourth-order valence-corrected chi connectivity index (χ4v) is 5.43. The van der Waals surface area contributed by atoms with Crippen LogP contribution in [-0.2, 0) is 10.0 Å². The first kappa shape index (κ1) is 20.8. The van der Waals surface area contributed by atoms with Crippen molar-refractivity contribution in [3.8, 4) is 0 Å². The van der Waals surface area contributed by atoms with Crippen LogP contribution in [-0.4, -0.2) is 50.8 Å². The number of rotatable bonds is 5. The minimum atomic E-state index is -3.61. The molecule has 0 saturated carbocycles. The largest absolute Gasteiger partial charge is 0.348 e. The molecular formula is C21H24N4O3S2. The number of aromatic nitrogens is 1. The zero-order valence-electron chi connectivity index (χ0n) is 17.2. The van der Waals surface area contributed by atoms with Crippen molar-refractivity contribution in [1.29, 1.82) is 0 Å². The molecule has 0 atom stereocenters. The van der Waals surface area contributed by atoms with Gasteiger partial charge in [0.15, 0.2) is 5.13 Å². The highest BCUT2D eigenvalue weighted by Gasteiger charge is 2.21. The number of nitrogens with one attached hydrogen (secondary N) is 1. The molecule has 1 aromatic heterocycles. The zero-order chi connectivity index (χ0) is 21.5. The third kappa shape index (κ3) is 3.92. The Morgan fingerprint density at radius 2 is 1.87 bits per heavy atom. The summed E-state index contributed by atoms with van der Waals surface area (Å²) in [5.74, 6) is -0.341. The molecule has 1 fully saturated rings. The number of hydrogen-bond donors (Lipinski definition) is 1. The number of carbonyl (C=O) groups is 1. The molecule has 0 unspecified atom stereocenters. The third-order valence-electron chi connectivity index (χ3n) is 5.24. The first-order valence-corrected chi connectivity index (χ1v) is 12.0. The molecule has 4 rings (SSSR count). The summed E-state index contributed by atoms with van der Waals surface area (Å²) in [6.07, 6.45) is 2.39. The highest BCUT2D eigenvalue weighted by molar-refractivity contribution is 7.89. The maximum Gasteiger partial charge on any atom is 0.255 e. The van der Waals surface area contributed by atoms with E-state index in [1.165, 1.54) is 39.1 Å². The molecule has 0 aliphatic carbocycles. The van der Waals surface area contributed by atoms with E-state index in [0.717, 1.165) is 32.7 Å². The molecule has 1 aliphatic rings. The van der Waals surface area contributed by atoms with Gasteiger partial charge in [-0.2, -0.15) is 0 Å². The van der Waals surface area contributed by atoms with Crippen LogP contribution >= 0.6 is 11.3 Å². The van der Waals surface area contributed by atoms with Crippen molar-refractivity contribution in [1.82, 2.24) is 9.29 Å². The molecule has 0 radical (unpaired) electrons. The van der Waals surface area contributed by atoms with E-state index in [9.17, 15) is 13.2 Å². The lowest BCUT2D eigenvalue weighted by Gasteiger charge is -2.14. The molecule has 158 valence electrons. The van der Waals surface area contributed by atoms with Crippen molar-refractivity contribution >= 4 is 48.3 Å². The van der Waals surface area contributed by atoms with Gasteiger partial charge in [0, 0.05) is 38.4 Å². The lowest BCUT2D eigenvalue weighted by atomic mass is 10.1. The Morgan fingerprint density at radius 3 is 2.57 bits per heavy atom.